The predicted octanol–water partition coefficient (Wildman–Crippen LogP) is 5.11. The molecule has 0 atom stereocenters. The highest BCUT2D eigenvalue weighted by Crippen LogP contribution is 2.31. The molecule has 0 fully saturated rings. The van der Waals surface area contributed by atoms with E-state index in [0.29, 0.717) is 29.2 Å². The summed E-state index contributed by atoms with van der Waals surface area (Å²) in [6.07, 6.45) is -3.22. The van der Waals surface area contributed by atoms with Crippen molar-refractivity contribution in [1.82, 2.24) is 4.98 Å². The molecule has 2 N–H and O–H groups in total. The van der Waals surface area contributed by atoms with Gasteiger partial charge in [-0.2, -0.15) is 0 Å². The maximum Gasteiger partial charge on any atom is 0.573 e. The highest BCUT2D eigenvalue weighted by Gasteiger charge is 2.31. The SMILES string of the molecule is Cl.NCc1ccc(OC(F)(F)F)cc1-c1ccc(OCc2ccccc2)nc1. The van der Waals surface area contributed by atoms with E-state index in [2.05, 4.69) is 9.72 Å². The van der Waals surface area contributed by atoms with Crippen LogP contribution in [-0.4, -0.2) is 11.3 Å². The first-order chi connectivity index (χ1) is 12.9. The molecule has 4 nitrogen and oxygen atoms in total. The fourth-order valence-electron chi connectivity index (χ4n) is 2.56. The summed E-state index contributed by atoms with van der Waals surface area (Å²) in [5, 5.41) is 0. The Balaban J connectivity index is 0.00000280. The fraction of sp³-hybridized carbons (Fsp3) is 0.150. The van der Waals surface area contributed by atoms with Crippen LogP contribution in [0.5, 0.6) is 11.6 Å². The molecule has 0 aliphatic rings. The van der Waals surface area contributed by atoms with Crippen molar-refractivity contribution in [2.45, 2.75) is 19.5 Å². The van der Waals surface area contributed by atoms with Crippen LogP contribution >= 0.6 is 12.4 Å². The summed E-state index contributed by atoms with van der Waals surface area (Å²) in [4.78, 5) is 4.22. The van der Waals surface area contributed by atoms with Crippen molar-refractivity contribution in [3.05, 3.63) is 78.0 Å². The number of aromatic nitrogens is 1. The molecule has 0 bridgehead atoms. The lowest BCUT2D eigenvalue weighted by molar-refractivity contribution is -0.274. The zero-order chi connectivity index (χ0) is 19.3. The van der Waals surface area contributed by atoms with Gasteiger partial charge in [0.2, 0.25) is 5.88 Å². The van der Waals surface area contributed by atoms with Gasteiger partial charge < -0.3 is 15.2 Å². The summed E-state index contributed by atoms with van der Waals surface area (Å²) in [5.74, 6) is 0.110. The molecule has 0 unspecified atom stereocenters. The molecule has 3 rings (SSSR count). The second-order valence-electron chi connectivity index (χ2n) is 5.73. The monoisotopic (exact) mass is 410 g/mol. The van der Waals surface area contributed by atoms with E-state index in [-0.39, 0.29) is 24.7 Å². The summed E-state index contributed by atoms with van der Waals surface area (Å²) < 4.78 is 47.0. The Kier molecular flexibility index (Phi) is 7.25. The standard InChI is InChI=1S/C20H17F3N2O2.ClH/c21-20(22,23)27-17-8-6-15(11-24)18(10-17)16-7-9-19(25-12-16)26-13-14-4-2-1-3-5-14;/h1-10,12H,11,13,24H2;1H. The van der Waals surface area contributed by atoms with Gasteiger partial charge >= 0.3 is 6.36 Å². The van der Waals surface area contributed by atoms with E-state index in [9.17, 15) is 13.2 Å². The topological polar surface area (TPSA) is 57.4 Å². The zero-order valence-electron chi connectivity index (χ0n) is 14.6. The average Bonchev–Trinajstić information content (AvgIpc) is 2.66. The Hall–Kier alpha value is -2.77. The van der Waals surface area contributed by atoms with Gasteiger partial charge in [-0.3, -0.25) is 0 Å². The largest absolute Gasteiger partial charge is 0.573 e. The molecule has 1 heterocycles. The van der Waals surface area contributed by atoms with Crippen molar-refractivity contribution in [1.29, 1.82) is 0 Å². The minimum atomic E-state index is -4.76. The van der Waals surface area contributed by atoms with Gasteiger partial charge in [-0.1, -0.05) is 36.4 Å². The third-order valence-electron chi connectivity index (χ3n) is 3.81. The van der Waals surface area contributed by atoms with Crippen molar-refractivity contribution in [3.63, 3.8) is 0 Å². The minimum absolute atomic E-state index is 0. The quantitative estimate of drug-likeness (QED) is 0.613. The molecule has 0 amide bonds. The van der Waals surface area contributed by atoms with Crippen LogP contribution in [-0.2, 0) is 13.2 Å². The molecule has 0 aliphatic heterocycles. The molecule has 0 aliphatic carbocycles. The Labute approximate surface area is 166 Å². The van der Waals surface area contributed by atoms with E-state index in [1.165, 1.54) is 24.4 Å². The van der Waals surface area contributed by atoms with E-state index in [1.807, 2.05) is 30.3 Å². The van der Waals surface area contributed by atoms with E-state index < -0.39 is 6.36 Å². The lowest BCUT2D eigenvalue weighted by atomic mass is 10.0. The molecule has 0 spiro atoms. The first kappa shape index (κ1) is 21.5. The number of hydrogen-bond acceptors (Lipinski definition) is 4. The van der Waals surface area contributed by atoms with E-state index >= 15 is 0 Å². The summed E-state index contributed by atoms with van der Waals surface area (Å²) in [6, 6.07) is 17.1. The van der Waals surface area contributed by atoms with Gasteiger partial charge in [0.25, 0.3) is 0 Å². The number of halogens is 4. The molecule has 2 aromatic carbocycles. The van der Waals surface area contributed by atoms with Crippen LogP contribution in [0.2, 0.25) is 0 Å². The van der Waals surface area contributed by atoms with Gasteiger partial charge in [0.1, 0.15) is 12.4 Å². The zero-order valence-corrected chi connectivity index (χ0v) is 15.5. The van der Waals surface area contributed by atoms with Crippen molar-refractivity contribution >= 4 is 12.4 Å². The second kappa shape index (κ2) is 9.43. The van der Waals surface area contributed by atoms with Gasteiger partial charge in [0, 0.05) is 24.4 Å². The Morgan fingerprint density at radius 2 is 1.71 bits per heavy atom. The van der Waals surface area contributed by atoms with Crippen LogP contribution in [0.25, 0.3) is 11.1 Å². The van der Waals surface area contributed by atoms with Crippen LogP contribution in [0, 0.1) is 0 Å². The van der Waals surface area contributed by atoms with Crippen molar-refractivity contribution in [3.8, 4) is 22.8 Å². The number of rotatable bonds is 6. The van der Waals surface area contributed by atoms with E-state index in [0.717, 1.165) is 5.56 Å². The summed E-state index contributed by atoms with van der Waals surface area (Å²) >= 11 is 0. The fourth-order valence-corrected chi connectivity index (χ4v) is 2.56. The van der Waals surface area contributed by atoms with Crippen LogP contribution in [0.4, 0.5) is 13.2 Å². The van der Waals surface area contributed by atoms with Gasteiger partial charge in [0.05, 0.1) is 0 Å². The number of alkyl halides is 3. The molecular weight excluding hydrogens is 393 g/mol. The number of pyridine rings is 1. The normalized spacial score (nSPS) is 10.9. The van der Waals surface area contributed by atoms with E-state index in [4.69, 9.17) is 10.5 Å². The first-order valence-corrected chi connectivity index (χ1v) is 8.16. The third kappa shape index (κ3) is 5.87. The Morgan fingerprint density at radius 1 is 0.964 bits per heavy atom. The maximum absolute atomic E-state index is 12.5. The van der Waals surface area contributed by atoms with Crippen LogP contribution in [0.1, 0.15) is 11.1 Å². The van der Waals surface area contributed by atoms with Crippen molar-refractivity contribution in [2.24, 2.45) is 5.73 Å². The smallest absolute Gasteiger partial charge is 0.473 e. The molecule has 28 heavy (non-hydrogen) atoms. The molecule has 1 aromatic heterocycles. The number of benzene rings is 2. The second-order valence-corrected chi connectivity index (χ2v) is 5.73. The Bertz CT molecular complexity index is 888. The molecule has 148 valence electrons. The molecule has 0 radical (unpaired) electrons. The van der Waals surface area contributed by atoms with Crippen LogP contribution in [0.15, 0.2) is 66.9 Å². The number of ether oxygens (including phenoxy) is 2. The molecular formula is C20H18ClF3N2O2. The Morgan fingerprint density at radius 3 is 2.32 bits per heavy atom. The van der Waals surface area contributed by atoms with E-state index in [1.54, 1.807) is 12.1 Å². The number of nitrogens with two attached hydrogens (primary N) is 1. The number of hydrogen-bond donors (Lipinski definition) is 1. The summed E-state index contributed by atoms with van der Waals surface area (Å²) in [6.45, 7) is 0.546. The molecule has 0 saturated carbocycles. The van der Waals surface area contributed by atoms with Crippen LogP contribution < -0.4 is 15.2 Å². The summed E-state index contributed by atoms with van der Waals surface area (Å²) in [7, 11) is 0. The van der Waals surface area contributed by atoms with Gasteiger partial charge in [-0.15, -0.1) is 25.6 Å². The third-order valence-corrected chi connectivity index (χ3v) is 3.81. The summed E-state index contributed by atoms with van der Waals surface area (Å²) in [5.41, 5.74) is 8.54. The highest BCUT2D eigenvalue weighted by atomic mass is 35.5. The lowest BCUT2D eigenvalue weighted by Crippen LogP contribution is -2.17. The lowest BCUT2D eigenvalue weighted by Gasteiger charge is -2.13. The average molecular weight is 411 g/mol. The predicted molar refractivity (Wildman–Crippen MR) is 102 cm³/mol. The maximum atomic E-state index is 12.5. The van der Waals surface area contributed by atoms with Crippen molar-refractivity contribution in [2.75, 3.05) is 0 Å². The number of nitrogens with zero attached hydrogens (tertiary/aromatic N) is 1. The molecule has 0 saturated heterocycles. The minimum Gasteiger partial charge on any atom is -0.473 e. The van der Waals surface area contributed by atoms with Crippen LogP contribution in [0.3, 0.4) is 0 Å². The van der Waals surface area contributed by atoms with Gasteiger partial charge in [-0.05, 0) is 34.9 Å². The van der Waals surface area contributed by atoms with Gasteiger partial charge in [-0.25, -0.2) is 4.98 Å². The molecule has 8 heteroatoms. The molecule has 3 aromatic rings. The first-order valence-electron chi connectivity index (χ1n) is 8.16. The van der Waals surface area contributed by atoms with Crippen molar-refractivity contribution < 1.29 is 22.6 Å². The highest BCUT2D eigenvalue weighted by molar-refractivity contribution is 5.85. The van der Waals surface area contributed by atoms with Gasteiger partial charge in [0.15, 0.2) is 0 Å².